The lowest BCUT2D eigenvalue weighted by Crippen LogP contribution is -1.76. The summed E-state index contributed by atoms with van der Waals surface area (Å²) in [5, 5.41) is 8.87. The van der Waals surface area contributed by atoms with E-state index in [1.807, 2.05) is 0 Å². The van der Waals surface area contributed by atoms with Crippen molar-refractivity contribution < 1.29 is 19.3 Å². The van der Waals surface area contributed by atoms with Gasteiger partial charge in [-0.25, -0.2) is 14.2 Å². The third-order valence-electron chi connectivity index (χ3n) is 1.16. The molecule has 0 amide bonds. The lowest BCUT2D eigenvalue weighted by atomic mass is 10.3. The van der Waals surface area contributed by atoms with Crippen LogP contribution in [0.3, 0.4) is 0 Å². The third kappa shape index (κ3) is 4.76. The maximum Gasteiger partial charge on any atom is 0.145 e. The number of rotatable bonds is 1. The second kappa shape index (κ2) is 7.00. The van der Waals surface area contributed by atoms with Crippen LogP contribution in [0.5, 0.6) is 5.75 Å². The van der Waals surface area contributed by atoms with Crippen molar-refractivity contribution in [3.8, 4) is 5.75 Å². The van der Waals surface area contributed by atoms with Crippen LogP contribution in [0.1, 0.15) is 0 Å². The lowest BCUT2D eigenvalue weighted by molar-refractivity contribution is -0.248. The van der Waals surface area contributed by atoms with Crippen LogP contribution in [0.15, 0.2) is 16.6 Å². The molecule has 0 aromatic heterocycles. The van der Waals surface area contributed by atoms with Crippen molar-refractivity contribution in [2.45, 2.75) is 0 Å². The summed E-state index contributed by atoms with van der Waals surface area (Å²) < 4.78 is 12.8. The number of phenols is 1. The Morgan fingerprint density at radius 1 is 1.36 bits per heavy atom. The van der Waals surface area contributed by atoms with Gasteiger partial charge in [-0.2, -0.15) is 0 Å². The van der Waals surface area contributed by atoms with Gasteiger partial charge in [0.25, 0.3) is 0 Å². The van der Waals surface area contributed by atoms with Gasteiger partial charge >= 0.3 is 0 Å². The molecule has 0 radical (unpaired) electrons. The van der Waals surface area contributed by atoms with Crippen molar-refractivity contribution in [2.24, 2.45) is 0 Å². The minimum absolute atomic E-state index is 0.00956. The SMILES string of the molecule is COOC.Oc1cc(F)c(Cl)cc1Br. The smallest absolute Gasteiger partial charge is 0.145 e. The molecule has 0 unspecified atom stereocenters. The molecule has 0 saturated heterocycles. The summed E-state index contributed by atoms with van der Waals surface area (Å²) in [4.78, 5) is 8.08. The van der Waals surface area contributed by atoms with Gasteiger partial charge in [0.15, 0.2) is 0 Å². The molecule has 0 bridgehead atoms. The summed E-state index contributed by atoms with van der Waals surface area (Å²) in [7, 11) is 2.92. The Morgan fingerprint density at radius 3 is 2.21 bits per heavy atom. The fourth-order valence-corrected chi connectivity index (χ4v) is 1.15. The van der Waals surface area contributed by atoms with Crippen LogP contribution in [0.4, 0.5) is 4.39 Å². The number of hydrogen-bond acceptors (Lipinski definition) is 3. The minimum atomic E-state index is -0.623. The Hall–Kier alpha value is -0.360. The highest BCUT2D eigenvalue weighted by Crippen LogP contribution is 2.28. The predicted molar refractivity (Wildman–Crippen MR) is 54.8 cm³/mol. The molecule has 0 spiro atoms. The van der Waals surface area contributed by atoms with Gasteiger partial charge < -0.3 is 5.11 Å². The van der Waals surface area contributed by atoms with Crippen molar-refractivity contribution in [1.82, 2.24) is 0 Å². The Bertz CT molecular complexity index is 244. The zero-order chi connectivity index (χ0) is 11.1. The molecule has 6 heteroatoms. The van der Waals surface area contributed by atoms with Crippen molar-refractivity contribution in [3.63, 3.8) is 0 Å². The summed E-state index contributed by atoms with van der Waals surface area (Å²) in [6, 6.07) is 2.25. The van der Waals surface area contributed by atoms with Gasteiger partial charge in [0, 0.05) is 6.07 Å². The number of benzene rings is 1. The van der Waals surface area contributed by atoms with E-state index in [1.165, 1.54) is 20.3 Å². The summed E-state index contributed by atoms with van der Waals surface area (Å²) >= 11 is 8.35. The molecular formula is C8H9BrClFO3. The van der Waals surface area contributed by atoms with E-state index >= 15 is 0 Å². The van der Waals surface area contributed by atoms with Gasteiger partial charge in [0.05, 0.1) is 23.7 Å². The van der Waals surface area contributed by atoms with Crippen molar-refractivity contribution in [3.05, 3.63) is 27.4 Å². The maximum atomic E-state index is 12.4. The standard InChI is InChI=1S/C6H3BrClFO.C2H6O2/c7-3-1-4(8)5(9)2-6(3)10;1-3-4-2/h1-2,10H;1-2H3. The monoisotopic (exact) mass is 286 g/mol. The molecule has 1 aromatic carbocycles. The molecule has 0 aliphatic rings. The molecule has 0 heterocycles. The zero-order valence-electron chi connectivity index (χ0n) is 7.55. The van der Waals surface area contributed by atoms with Crippen LogP contribution in [0, 0.1) is 5.82 Å². The molecule has 1 rings (SSSR count). The summed E-state index contributed by atoms with van der Waals surface area (Å²) in [6.07, 6.45) is 0. The zero-order valence-corrected chi connectivity index (χ0v) is 9.89. The Labute approximate surface area is 94.5 Å². The highest BCUT2D eigenvalue weighted by atomic mass is 79.9. The molecule has 14 heavy (non-hydrogen) atoms. The van der Waals surface area contributed by atoms with Crippen LogP contribution >= 0.6 is 27.5 Å². The van der Waals surface area contributed by atoms with Crippen molar-refractivity contribution >= 4 is 27.5 Å². The minimum Gasteiger partial charge on any atom is -0.507 e. The molecule has 0 atom stereocenters. The Kier molecular flexibility index (Phi) is 6.82. The molecule has 1 N–H and O–H groups in total. The lowest BCUT2D eigenvalue weighted by Gasteiger charge is -1.97. The average molecular weight is 288 g/mol. The average Bonchev–Trinajstić information content (AvgIpc) is 2.15. The summed E-state index contributed by atoms with van der Waals surface area (Å²) in [5.74, 6) is -0.774. The molecule has 0 fully saturated rings. The van der Waals surface area contributed by atoms with Gasteiger partial charge in [-0.1, -0.05) is 11.6 Å². The van der Waals surface area contributed by atoms with Crippen molar-refractivity contribution in [2.75, 3.05) is 14.2 Å². The molecule has 0 aliphatic carbocycles. The molecule has 3 nitrogen and oxygen atoms in total. The van der Waals surface area contributed by atoms with E-state index in [0.717, 1.165) is 6.07 Å². The van der Waals surface area contributed by atoms with Gasteiger partial charge in [-0.15, -0.1) is 0 Å². The quantitative estimate of drug-likeness (QED) is 0.490. The molecule has 0 saturated carbocycles. The first kappa shape index (κ1) is 13.6. The van der Waals surface area contributed by atoms with Gasteiger partial charge in [-0.05, 0) is 22.0 Å². The van der Waals surface area contributed by atoms with Gasteiger partial charge in [0.2, 0.25) is 0 Å². The van der Waals surface area contributed by atoms with Gasteiger partial charge in [0.1, 0.15) is 11.6 Å². The second-order valence-electron chi connectivity index (χ2n) is 2.05. The number of aromatic hydroxyl groups is 1. The fourth-order valence-electron chi connectivity index (χ4n) is 0.512. The molecular weight excluding hydrogens is 278 g/mol. The van der Waals surface area contributed by atoms with Gasteiger partial charge in [-0.3, -0.25) is 0 Å². The molecule has 80 valence electrons. The van der Waals surface area contributed by atoms with E-state index < -0.39 is 5.82 Å². The number of phenolic OH excluding ortho intramolecular Hbond substituents is 1. The van der Waals surface area contributed by atoms with Crippen LogP contribution in [-0.4, -0.2) is 19.3 Å². The highest BCUT2D eigenvalue weighted by Gasteiger charge is 2.03. The predicted octanol–water partition coefficient (Wildman–Crippen LogP) is 3.14. The number of hydrogen-bond donors (Lipinski definition) is 1. The first-order chi connectivity index (χ1) is 6.52. The first-order valence-corrected chi connectivity index (χ1v) is 4.60. The Balaban J connectivity index is 0.000000364. The van der Waals surface area contributed by atoms with Crippen LogP contribution in [0.2, 0.25) is 5.02 Å². The second-order valence-corrected chi connectivity index (χ2v) is 3.31. The summed E-state index contributed by atoms with van der Waals surface area (Å²) in [5.41, 5.74) is 0. The van der Waals surface area contributed by atoms with E-state index in [9.17, 15) is 4.39 Å². The van der Waals surface area contributed by atoms with E-state index in [2.05, 4.69) is 25.7 Å². The van der Waals surface area contributed by atoms with Crippen LogP contribution in [0.25, 0.3) is 0 Å². The topological polar surface area (TPSA) is 38.7 Å². The van der Waals surface area contributed by atoms with E-state index in [0.29, 0.717) is 4.47 Å². The van der Waals surface area contributed by atoms with Crippen LogP contribution < -0.4 is 0 Å². The molecule has 0 aliphatic heterocycles. The highest BCUT2D eigenvalue weighted by molar-refractivity contribution is 9.10. The largest absolute Gasteiger partial charge is 0.507 e. The Morgan fingerprint density at radius 2 is 1.86 bits per heavy atom. The normalized spacial score (nSPS) is 9.21. The third-order valence-corrected chi connectivity index (χ3v) is 2.08. The van der Waals surface area contributed by atoms with Crippen molar-refractivity contribution in [1.29, 1.82) is 0 Å². The van der Waals surface area contributed by atoms with E-state index in [1.54, 1.807) is 0 Å². The van der Waals surface area contributed by atoms with Crippen LogP contribution in [-0.2, 0) is 9.78 Å². The van der Waals surface area contributed by atoms with E-state index in [4.69, 9.17) is 16.7 Å². The maximum absolute atomic E-state index is 12.4. The van der Waals surface area contributed by atoms with E-state index in [-0.39, 0.29) is 10.8 Å². The number of halogens is 3. The first-order valence-electron chi connectivity index (χ1n) is 3.43. The molecule has 1 aromatic rings. The summed E-state index contributed by atoms with van der Waals surface area (Å²) in [6.45, 7) is 0. The fraction of sp³-hybridized carbons (Fsp3) is 0.250.